The van der Waals surface area contributed by atoms with Crippen LogP contribution in [0.2, 0.25) is 5.02 Å². The summed E-state index contributed by atoms with van der Waals surface area (Å²) in [5.74, 6) is -1.04. The van der Waals surface area contributed by atoms with Gasteiger partial charge in [0.2, 0.25) is 0 Å². The van der Waals surface area contributed by atoms with Crippen LogP contribution in [0.15, 0.2) is 42.5 Å². The van der Waals surface area contributed by atoms with Gasteiger partial charge in [-0.3, -0.25) is 0 Å². The summed E-state index contributed by atoms with van der Waals surface area (Å²) < 4.78 is 18.1. The van der Waals surface area contributed by atoms with Crippen molar-refractivity contribution in [2.24, 2.45) is 0 Å². The Kier molecular flexibility index (Phi) is 4.02. The molecule has 19 heavy (non-hydrogen) atoms. The smallest absolute Gasteiger partial charge is 0.341 e. The third kappa shape index (κ3) is 3.45. The fourth-order valence-electron chi connectivity index (χ4n) is 1.56. The minimum absolute atomic E-state index is 0.0590. The zero-order valence-electron chi connectivity index (χ0n) is 9.77. The van der Waals surface area contributed by atoms with E-state index in [-0.39, 0.29) is 11.6 Å². The van der Waals surface area contributed by atoms with Crippen LogP contribution in [0, 0.1) is 5.82 Å². The van der Waals surface area contributed by atoms with Gasteiger partial charge < -0.3 is 9.84 Å². The van der Waals surface area contributed by atoms with Crippen molar-refractivity contribution in [1.82, 2.24) is 0 Å². The number of carboxylic acid groups (broad SMARTS) is 1. The van der Waals surface area contributed by atoms with Crippen molar-refractivity contribution in [3.8, 4) is 16.9 Å². The Hall–Kier alpha value is -2.07. The molecule has 2 aromatic carbocycles. The molecule has 0 heterocycles. The first-order valence-corrected chi connectivity index (χ1v) is 5.84. The van der Waals surface area contributed by atoms with Crippen molar-refractivity contribution >= 4 is 17.6 Å². The third-order valence-corrected chi connectivity index (χ3v) is 2.76. The molecular weight excluding hydrogens is 271 g/mol. The lowest BCUT2D eigenvalue weighted by Gasteiger charge is -2.06. The second-order valence-corrected chi connectivity index (χ2v) is 4.24. The van der Waals surface area contributed by atoms with E-state index in [1.807, 2.05) is 0 Å². The van der Waals surface area contributed by atoms with Gasteiger partial charge in [0, 0.05) is 0 Å². The van der Waals surface area contributed by atoms with Crippen LogP contribution in [0.1, 0.15) is 0 Å². The SMILES string of the molecule is O=C(O)COc1ccc(-c2ccc(F)c(Cl)c2)cc1. The highest BCUT2D eigenvalue weighted by Gasteiger charge is 2.04. The topological polar surface area (TPSA) is 46.5 Å². The maximum Gasteiger partial charge on any atom is 0.341 e. The highest BCUT2D eigenvalue weighted by molar-refractivity contribution is 6.31. The van der Waals surface area contributed by atoms with Gasteiger partial charge in [0.05, 0.1) is 5.02 Å². The molecule has 0 unspecified atom stereocenters. The van der Waals surface area contributed by atoms with E-state index in [1.54, 1.807) is 30.3 Å². The molecule has 3 nitrogen and oxygen atoms in total. The predicted octanol–water partition coefficient (Wildman–Crippen LogP) is 3.61. The minimum atomic E-state index is -1.03. The quantitative estimate of drug-likeness (QED) is 0.930. The zero-order chi connectivity index (χ0) is 13.8. The zero-order valence-corrected chi connectivity index (χ0v) is 10.5. The standard InChI is InChI=1S/C14H10ClFO3/c15-12-7-10(3-6-13(12)16)9-1-4-11(5-2-9)19-8-14(17)18/h1-7H,8H2,(H,17,18). The van der Waals surface area contributed by atoms with E-state index >= 15 is 0 Å². The highest BCUT2D eigenvalue weighted by Crippen LogP contribution is 2.26. The number of aliphatic carboxylic acids is 1. The number of ether oxygens (including phenoxy) is 1. The Morgan fingerprint density at radius 1 is 1.16 bits per heavy atom. The molecule has 5 heteroatoms. The fourth-order valence-corrected chi connectivity index (χ4v) is 1.74. The maximum absolute atomic E-state index is 13.0. The molecular formula is C14H10ClFO3. The first-order valence-electron chi connectivity index (χ1n) is 5.46. The normalized spacial score (nSPS) is 10.2. The van der Waals surface area contributed by atoms with Gasteiger partial charge in [-0.15, -0.1) is 0 Å². The lowest BCUT2D eigenvalue weighted by molar-refractivity contribution is -0.139. The molecule has 1 N–H and O–H groups in total. The average Bonchev–Trinajstić information content (AvgIpc) is 2.40. The molecule has 0 amide bonds. The molecule has 98 valence electrons. The van der Waals surface area contributed by atoms with E-state index in [2.05, 4.69) is 0 Å². The van der Waals surface area contributed by atoms with Crippen LogP contribution >= 0.6 is 11.6 Å². The van der Waals surface area contributed by atoms with E-state index in [0.717, 1.165) is 11.1 Å². The Labute approximate surface area is 114 Å². The van der Waals surface area contributed by atoms with E-state index in [9.17, 15) is 9.18 Å². The van der Waals surface area contributed by atoms with Crippen molar-refractivity contribution in [2.45, 2.75) is 0 Å². The summed E-state index contributed by atoms with van der Waals surface area (Å²) in [5, 5.41) is 8.55. The predicted molar refractivity (Wildman–Crippen MR) is 70.0 cm³/mol. The lowest BCUT2D eigenvalue weighted by Crippen LogP contribution is -2.09. The summed E-state index contributed by atoms with van der Waals surface area (Å²) in [6.45, 7) is -0.387. The number of carboxylic acids is 1. The van der Waals surface area contributed by atoms with Gasteiger partial charge in [0.1, 0.15) is 11.6 Å². The van der Waals surface area contributed by atoms with Gasteiger partial charge in [-0.2, -0.15) is 0 Å². The Morgan fingerprint density at radius 2 is 1.79 bits per heavy atom. The Bertz CT molecular complexity index is 596. The van der Waals surface area contributed by atoms with E-state index in [1.165, 1.54) is 12.1 Å². The van der Waals surface area contributed by atoms with Crippen LogP contribution in [0.3, 0.4) is 0 Å². The second kappa shape index (κ2) is 5.71. The fraction of sp³-hybridized carbons (Fsp3) is 0.0714. The number of benzene rings is 2. The van der Waals surface area contributed by atoms with Crippen molar-refractivity contribution in [1.29, 1.82) is 0 Å². The van der Waals surface area contributed by atoms with Gasteiger partial charge in [-0.25, -0.2) is 9.18 Å². The molecule has 0 fully saturated rings. The van der Waals surface area contributed by atoms with Gasteiger partial charge in [-0.1, -0.05) is 29.8 Å². The molecule has 0 aliphatic carbocycles. The molecule has 0 saturated heterocycles. The summed E-state index contributed by atoms with van der Waals surface area (Å²) >= 11 is 5.71. The number of carbonyl (C=O) groups is 1. The first-order chi connectivity index (χ1) is 9.06. The summed E-state index contributed by atoms with van der Waals surface area (Å²) in [4.78, 5) is 10.4. The lowest BCUT2D eigenvalue weighted by atomic mass is 10.1. The van der Waals surface area contributed by atoms with Gasteiger partial charge in [-0.05, 0) is 35.4 Å². The summed E-state index contributed by atoms with van der Waals surface area (Å²) in [6, 6.07) is 11.2. The van der Waals surface area contributed by atoms with Crippen LogP contribution in [-0.2, 0) is 4.79 Å². The van der Waals surface area contributed by atoms with E-state index in [0.29, 0.717) is 5.75 Å². The minimum Gasteiger partial charge on any atom is -0.482 e. The molecule has 0 bridgehead atoms. The third-order valence-electron chi connectivity index (χ3n) is 2.47. The maximum atomic E-state index is 13.0. The molecule has 0 aliphatic rings. The molecule has 0 atom stereocenters. The highest BCUT2D eigenvalue weighted by atomic mass is 35.5. The summed E-state index contributed by atoms with van der Waals surface area (Å²) in [6.07, 6.45) is 0. The molecule has 0 radical (unpaired) electrons. The second-order valence-electron chi connectivity index (χ2n) is 3.84. The molecule has 0 spiro atoms. The van der Waals surface area contributed by atoms with Crippen molar-refractivity contribution in [3.63, 3.8) is 0 Å². The van der Waals surface area contributed by atoms with E-state index < -0.39 is 11.8 Å². The van der Waals surface area contributed by atoms with Crippen LogP contribution < -0.4 is 4.74 Å². The van der Waals surface area contributed by atoms with Gasteiger partial charge in [0.15, 0.2) is 6.61 Å². The van der Waals surface area contributed by atoms with E-state index in [4.69, 9.17) is 21.4 Å². The number of hydrogen-bond acceptors (Lipinski definition) is 2. The van der Waals surface area contributed by atoms with Gasteiger partial charge >= 0.3 is 5.97 Å². The van der Waals surface area contributed by atoms with Crippen LogP contribution in [-0.4, -0.2) is 17.7 Å². The summed E-state index contributed by atoms with van der Waals surface area (Å²) in [7, 11) is 0. The molecule has 2 rings (SSSR count). The molecule has 0 saturated carbocycles. The number of rotatable bonds is 4. The first kappa shape index (κ1) is 13.4. The summed E-state index contributed by atoms with van der Waals surface area (Å²) in [5.41, 5.74) is 1.61. The van der Waals surface area contributed by atoms with Gasteiger partial charge in [0.25, 0.3) is 0 Å². The molecule has 2 aromatic rings. The molecule has 0 aromatic heterocycles. The van der Waals surface area contributed by atoms with Crippen molar-refractivity contribution < 1.29 is 19.0 Å². The largest absolute Gasteiger partial charge is 0.482 e. The monoisotopic (exact) mass is 280 g/mol. The van der Waals surface area contributed by atoms with Crippen molar-refractivity contribution in [3.05, 3.63) is 53.3 Å². The Morgan fingerprint density at radius 3 is 2.37 bits per heavy atom. The number of hydrogen-bond donors (Lipinski definition) is 1. The average molecular weight is 281 g/mol. The number of halogens is 2. The van der Waals surface area contributed by atoms with Crippen LogP contribution in [0.4, 0.5) is 4.39 Å². The van der Waals surface area contributed by atoms with Crippen LogP contribution in [0.5, 0.6) is 5.75 Å². The Balaban J connectivity index is 2.17. The molecule has 0 aliphatic heterocycles. The van der Waals surface area contributed by atoms with Crippen LogP contribution in [0.25, 0.3) is 11.1 Å². The van der Waals surface area contributed by atoms with Crippen molar-refractivity contribution in [2.75, 3.05) is 6.61 Å².